The molecule has 1 heterocycles. The van der Waals surface area contributed by atoms with Crippen molar-refractivity contribution in [1.29, 1.82) is 0 Å². The number of nitrogen functional groups attached to an aromatic ring is 1. The minimum atomic E-state index is -0.721. The third-order valence-electron chi connectivity index (χ3n) is 3.78. The standard InChI is InChI=1S/C16H19Cl2N3O3/c1-4-9(3)20-15(22)13(12-10(17)7-6-8-11(12)18)14(19)21(20)16(23)24-5-2/h6-9H,4-5,19H2,1-3H3. The monoisotopic (exact) mass is 371 g/mol. The highest BCUT2D eigenvalue weighted by Crippen LogP contribution is 2.36. The first-order chi connectivity index (χ1) is 11.3. The van der Waals surface area contributed by atoms with Gasteiger partial charge in [-0.2, -0.15) is 4.68 Å². The lowest BCUT2D eigenvalue weighted by molar-refractivity contribution is 0.144. The molecule has 1 aromatic heterocycles. The number of halogens is 2. The molecule has 2 aromatic rings. The van der Waals surface area contributed by atoms with Crippen molar-refractivity contribution in [2.75, 3.05) is 12.3 Å². The van der Waals surface area contributed by atoms with Crippen LogP contribution in [0.5, 0.6) is 0 Å². The molecule has 1 atom stereocenters. The summed E-state index contributed by atoms with van der Waals surface area (Å²) in [6.07, 6.45) is -0.0971. The van der Waals surface area contributed by atoms with Crippen LogP contribution in [0.4, 0.5) is 10.6 Å². The molecular formula is C16H19Cl2N3O3. The predicted octanol–water partition coefficient (Wildman–Crippen LogP) is 4.18. The zero-order chi connectivity index (χ0) is 18.0. The van der Waals surface area contributed by atoms with Crippen LogP contribution in [0, 0.1) is 0 Å². The Kier molecular flexibility index (Phi) is 5.62. The largest absolute Gasteiger partial charge is 0.448 e. The molecule has 8 heteroatoms. The van der Waals surface area contributed by atoms with E-state index in [4.69, 9.17) is 33.7 Å². The Morgan fingerprint density at radius 2 is 1.83 bits per heavy atom. The molecule has 0 aliphatic heterocycles. The van der Waals surface area contributed by atoms with E-state index >= 15 is 0 Å². The number of nitrogens with zero attached hydrogens (tertiary/aromatic N) is 2. The van der Waals surface area contributed by atoms with Crippen LogP contribution in [-0.4, -0.2) is 22.1 Å². The molecule has 1 unspecified atom stereocenters. The normalized spacial score (nSPS) is 12.2. The Balaban J connectivity index is 2.85. The summed E-state index contributed by atoms with van der Waals surface area (Å²) in [5.41, 5.74) is 6.09. The van der Waals surface area contributed by atoms with E-state index in [0.717, 1.165) is 4.68 Å². The number of hydrogen-bond donors (Lipinski definition) is 1. The fraction of sp³-hybridized carbons (Fsp3) is 0.375. The summed E-state index contributed by atoms with van der Waals surface area (Å²) in [6.45, 7) is 5.55. The number of ether oxygens (including phenoxy) is 1. The van der Waals surface area contributed by atoms with E-state index in [2.05, 4.69) is 0 Å². The number of benzene rings is 1. The van der Waals surface area contributed by atoms with Gasteiger partial charge in [0.05, 0.1) is 28.3 Å². The van der Waals surface area contributed by atoms with E-state index in [1.54, 1.807) is 25.1 Å². The topological polar surface area (TPSA) is 79.2 Å². The molecule has 0 spiro atoms. The number of anilines is 1. The third-order valence-corrected chi connectivity index (χ3v) is 4.41. The Morgan fingerprint density at radius 3 is 2.33 bits per heavy atom. The summed E-state index contributed by atoms with van der Waals surface area (Å²) in [6, 6.07) is 4.62. The fourth-order valence-corrected chi connectivity index (χ4v) is 3.04. The number of nitrogens with two attached hydrogens (primary N) is 1. The molecule has 6 nitrogen and oxygen atoms in total. The lowest BCUT2D eigenvalue weighted by atomic mass is 10.1. The lowest BCUT2D eigenvalue weighted by Crippen LogP contribution is -2.31. The Bertz CT molecular complexity index is 806. The predicted molar refractivity (Wildman–Crippen MR) is 96.0 cm³/mol. The van der Waals surface area contributed by atoms with Crippen LogP contribution in [0.2, 0.25) is 10.0 Å². The molecular weight excluding hydrogens is 353 g/mol. The third kappa shape index (κ3) is 3.03. The first kappa shape index (κ1) is 18.4. The van der Waals surface area contributed by atoms with Crippen LogP contribution in [0.25, 0.3) is 11.1 Å². The van der Waals surface area contributed by atoms with Crippen LogP contribution in [0.1, 0.15) is 33.2 Å². The van der Waals surface area contributed by atoms with Gasteiger partial charge >= 0.3 is 6.09 Å². The van der Waals surface area contributed by atoms with E-state index in [0.29, 0.717) is 12.0 Å². The van der Waals surface area contributed by atoms with Crippen LogP contribution in [0.3, 0.4) is 0 Å². The lowest BCUT2D eigenvalue weighted by Gasteiger charge is -2.16. The van der Waals surface area contributed by atoms with Crippen LogP contribution in [0.15, 0.2) is 23.0 Å². The van der Waals surface area contributed by atoms with E-state index in [-0.39, 0.29) is 34.1 Å². The second kappa shape index (κ2) is 7.32. The molecule has 2 N–H and O–H groups in total. The Labute approximate surface area is 149 Å². The number of carbonyl (C=O) groups is 1. The summed E-state index contributed by atoms with van der Waals surface area (Å²) >= 11 is 12.4. The molecule has 0 amide bonds. The van der Waals surface area contributed by atoms with Gasteiger partial charge in [-0.05, 0) is 32.4 Å². The average Bonchev–Trinajstić information content (AvgIpc) is 2.79. The summed E-state index contributed by atoms with van der Waals surface area (Å²) in [4.78, 5) is 25.3. The van der Waals surface area contributed by atoms with Crippen molar-refractivity contribution in [3.63, 3.8) is 0 Å². The minimum absolute atomic E-state index is 0.0475. The van der Waals surface area contributed by atoms with Gasteiger partial charge in [0.2, 0.25) is 0 Å². The smallest absolute Gasteiger partial charge is 0.435 e. The molecule has 0 fully saturated rings. The summed E-state index contributed by atoms with van der Waals surface area (Å²) in [5.74, 6) is -0.0475. The highest BCUT2D eigenvalue weighted by Gasteiger charge is 2.28. The highest BCUT2D eigenvalue weighted by molar-refractivity contribution is 6.39. The van der Waals surface area contributed by atoms with E-state index in [1.165, 1.54) is 4.68 Å². The van der Waals surface area contributed by atoms with Gasteiger partial charge in [0.15, 0.2) is 0 Å². The van der Waals surface area contributed by atoms with Gasteiger partial charge < -0.3 is 10.5 Å². The molecule has 24 heavy (non-hydrogen) atoms. The Morgan fingerprint density at radius 1 is 1.25 bits per heavy atom. The number of hydrogen-bond acceptors (Lipinski definition) is 4. The van der Waals surface area contributed by atoms with Crippen molar-refractivity contribution in [2.45, 2.75) is 33.2 Å². The molecule has 1 aromatic carbocycles. The molecule has 130 valence electrons. The second-order valence-corrected chi connectivity index (χ2v) is 6.09. The van der Waals surface area contributed by atoms with Gasteiger partial charge in [-0.3, -0.25) is 4.79 Å². The van der Waals surface area contributed by atoms with Crippen molar-refractivity contribution in [1.82, 2.24) is 9.36 Å². The second-order valence-electron chi connectivity index (χ2n) is 5.27. The molecule has 0 aliphatic carbocycles. The maximum Gasteiger partial charge on any atom is 0.435 e. The first-order valence-electron chi connectivity index (χ1n) is 7.59. The molecule has 2 rings (SSSR count). The van der Waals surface area contributed by atoms with Gasteiger partial charge in [-0.1, -0.05) is 36.2 Å². The zero-order valence-electron chi connectivity index (χ0n) is 13.7. The van der Waals surface area contributed by atoms with E-state index in [1.807, 2.05) is 13.8 Å². The molecule has 0 aliphatic rings. The molecule has 0 bridgehead atoms. The van der Waals surface area contributed by atoms with Crippen LogP contribution >= 0.6 is 23.2 Å². The highest BCUT2D eigenvalue weighted by atomic mass is 35.5. The maximum absolute atomic E-state index is 13.0. The van der Waals surface area contributed by atoms with Crippen molar-refractivity contribution < 1.29 is 9.53 Å². The van der Waals surface area contributed by atoms with Gasteiger partial charge in [0.1, 0.15) is 5.82 Å². The maximum atomic E-state index is 13.0. The van der Waals surface area contributed by atoms with Crippen molar-refractivity contribution in [2.24, 2.45) is 0 Å². The SMILES string of the molecule is CCOC(=O)n1c(N)c(-c2c(Cl)cccc2Cl)c(=O)n1C(C)CC. The van der Waals surface area contributed by atoms with Crippen LogP contribution in [-0.2, 0) is 4.74 Å². The summed E-state index contributed by atoms with van der Waals surface area (Å²) in [5, 5.41) is 0.562. The quantitative estimate of drug-likeness (QED) is 0.873. The zero-order valence-corrected chi connectivity index (χ0v) is 15.2. The van der Waals surface area contributed by atoms with Gasteiger partial charge in [-0.25, -0.2) is 9.48 Å². The van der Waals surface area contributed by atoms with E-state index < -0.39 is 11.7 Å². The number of rotatable bonds is 4. The van der Waals surface area contributed by atoms with Crippen LogP contribution < -0.4 is 11.3 Å². The first-order valence-corrected chi connectivity index (χ1v) is 8.35. The minimum Gasteiger partial charge on any atom is -0.448 e. The van der Waals surface area contributed by atoms with Crippen molar-refractivity contribution in [3.05, 3.63) is 38.6 Å². The molecule has 0 radical (unpaired) electrons. The Hall–Kier alpha value is -1.92. The summed E-state index contributed by atoms with van der Waals surface area (Å²) in [7, 11) is 0. The van der Waals surface area contributed by atoms with Gasteiger partial charge in [0, 0.05) is 5.56 Å². The van der Waals surface area contributed by atoms with Crippen molar-refractivity contribution >= 4 is 35.1 Å². The average molecular weight is 372 g/mol. The molecule has 0 saturated heterocycles. The van der Waals surface area contributed by atoms with Gasteiger partial charge in [-0.15, -0.1) is 0 Å². The summed E-state index contributed by atoms with van der Waals surface area (Å²) < 4.78 is 7.36. The molecule has 0 saturated carbocycles. The number of aromatic nitrogens is 2. The number of carbonyl (C=O) groups excluding carboxylic acids is 1. The van der Waals surface area contributed by atoms with Gasteiger partial charge in [0.25, 0.3) is 5.56 Å². The fourth-order valence-electron chi connectivity index (χ4n) is 2.45. The van der Waals surface area contributed by atoms with E-state index in [9.17, 15) is 9.59 Å². The van der Waals surface area contributed by atoms with Crippen molar-refractivity contribution in [3.8, 4) is 11.1 Å².